The Morgan fingerprint density at radius 2 is 2.06 bits per heavy atom. The molecule has 4 aromatic rings. The Hall–Kier alpha value is -3.57. The Kier molecular flexibility index (Phi) is 5.65. The summed E-state index contributed by atoms with van der Waals surface area (Å²) in [4.78, 5) is 38.4. The number of fused-ring (bicyclic) bond motifs is 2. The van der Waals surface area contributed by atoms with Crippen LogP contribution in [0.1, 0.15) is 9.67 Å². The third kappa shape index (κ3) is 4.12. The van der Waals surface area contributed by atoms with Gasteiger partial charge in [0.15, 0.2) is 11.6 Å². The van der Waals surface area contributed by atoms with E-state index in [0.717, 1.165) is 27.0 Å². The summed E-state index contributed by atoms with van der Waals surface area (Å²) in [6.45, 7) is 2.58. The number of morpholine rings is 1. The highest BCUT2D eigenvalue weighted by molar-refractivity contribution is 7.21. The number of likely N-dealkylation sites (N-methyl/N-ethyl adjacent to an activating group) is 1. The molecule has 3 aromatic heterocycles. The van der Waals surface area contributed by atoms with Gasteiger partial charge in [0, 0.05) is 38.1 Å². The molecule has 4 heterocycles. The fourth-order valence-corrected chi connectivity index (χ4v) is 4.73. The average molecular weight is 466 g/mol. The van der Waals surface area contributed by atoms with E-state index < -0.39 is 0 Å². The van der Waals surface area contributed by atoms with Crippen molar-refractivity contribution >= 4 is 50.1 Å². The van der Waals surface area contributed by atoms with Gasteiger partial charge in [-0.3, -0.25) is 14.7 Å². The van der Waals surface area contributed by atoms with Gasteiger partial charge < -0.3 is 19.9 Å². The highest BCUT2D eigenvalue weighted by atomic mass is 32.1. The van der Waals surface area contributed by atoms with Gasteiger partial charge >= 0.3 is 0 Å². The number of hydrogen-bond acceptors (Lipinski definition) is 8. The zero-order valence-electron chi connectivity index (χ0n) is 18.3. The third-order valence-electron chi connectivity index (χ3n) is 5.51. The molecular weight excluding hydrogens is 442 g/mol. The molecule has 5 rings (SSSR count). The second-order valence-electron chi connectivity index (χ2n) is 7.90. The van der Waals surface area contributed by atoms with E-state index in [2.05, 4.69) is 20.4 Å². The van der Waals surface area contributed by atoms with Crippen molar-refractivity contribution in [2.24, 2.45) is 0 Å². The molecule has 1 aliphatic heterocycles. The Balaban J connectivity index is 1.58. The van der Waals surface area contributed by atoms with E-state index in [1.165, 1.54) is 16.2 Å². The zero-order valence-corrected chi connectivity index (χ0v) is 19.1. The number of aromatic nitrogens is 4. The molecule has 0 spiro atoms. The number of aromatic amines is 1. The standard InChI is InChI=1S/C22H23N7O3S/c1-28(2)18(30)12-23-22(31)17-10-16-19(33-17)21(29-6-8-32-9-7-29)26-20(25-16)13-4-3-5-15-14(13)11-24-27-15/h3-5,10-11H,6-9,12H2,1-2H3,(H,23,31)(H,24,27). The fraction of sp³-hybridized carbons (Fsp3) is 0.318. The van der Waals surface area contributed by atoms with Crippen molar-refractivity contribution < 1.29 is 14.3 Å². The molecule has 10 nitrogen and oxygen atoms in total. The monoisotopic (exact) mass is 465 g/mol. The largest absolute Gasteiger partial charge is 0.378 e. The first-order valence-electron chi connectivity index (χ1n) is 10.6. The fourth-order valence-electron chi connectivity index (χ4n) is 3.70. The maximum atomic E-state index is 12.8. The Labute approximate surface area is 193 Å². The summed E-state index contributed by atoms with van der Waals surface area (Å²) in [6, 6.07) is 7.62. The molecule has 0 atom stereocenters. The topological polar surface area (TPSA) is 116 Å². The van der Waals surface area contributed by atoms with Gasteiger partial charge in [0.05, 0.1) is 46.6 Å². The van der Waals surface area contributed by atoms with Crippen molar-refractivity contribution in [3.63, 3.8) is 0 Å². The molecule has 1 aromatic carbocycles. The summed E-state index contributed by atoms with van der Waals surface area (Å²) in [5, 5.41) is 10.8. The van der Waals surface area contributed by atoms with Crippen LogP contribution in [0.15, 0.2) is 30.5 Å². The maximum absolute atomic E-state index is 12.8. The minimum Gasteiger partial charge on any atom is -0.378 e. The maximum Gasteiger partial charge on any atom is 0.261 e. The second-order valence-corrected chi connectivity index (χ2v) is 8.96. The summed E-state index contributed by atoms with van der Waals surface area (Å²) in [6.07, 6.45) is 1.76. The average Bonchev–Trinajstić information content (AvgIpc) is 3.49. The Bertz CT molecular complexity index is 1340. The van der Waals surface area contributed by atoms with E-state index in [0.29, 0.717) is 42.5 Å². The zero-order chi connectivity index (χ0) is 22.9. The first-order valence-corrected chi connectivity index (χ1v) is 11.4. The van der Waals surface area contributed by atoms with Crippen LogP contribution in [0.25, 0.3) is 32.5 Å². The van der Waals surface area contributed by atoms with Crippen LogP contribution in [0.2, 0.25) is 0 Å². The van der Waals surface area contributed by atoms with Crippen LogP contribution >= 0.6 is 11.3 Å². The van der Waals surface area contributed by atoms with Gasteiger partial charge in [0.2, 0.25) is 5.91 Å². The number of nitrogens with one attached hydrogen (secondary N) is 2. The minimum absolute atomic E-state index is 0.0597. The van der Waals surface area contributed by atoms with E-state index in [4.69, 9.17) is 14.7 Å². The number of hydrogen-bond donors (Lipinski definition) is 2. The van der Waals surface area contributed by atoms with Crippen LogP contribution in [0, 0.1) is 0 Å². The highest BCUT2D eigenvalue weighted by Gasteiger charge is 2.22. The highest BCUT2D eigenvalue weighted by Crippen LogP contribution is 2.35. The van der Waals surface area contributed by atoms with Gasteiger partial charge in [-0.15, -0.1) is 11.3 Å². The minimum atomic E-state index is -0.306. The van der Waals surface area contributed by atoms with Crippen LogP contribution in [-0.2, 0) is 9.53 Å². The van der Waals surface area contributed by atoms with Gasteiger partial charge in [-0.1, -0.05) is 12.1 Å². The number of rotatable bonds is 5. The molecule has 1 aliphatic rings. The van der Waals surface area contributed by atoms with E-state index in [9.17, 15) is 9.59 Å². The number of nitrogens with zero attached hydrogens (tertiary/aromatic N) is 5. The molecule has 1 saturated heterocycles. The molecule has 2 amide bonds. The summed E-state index contributed by atoms with van der Waals surface area (Å²) in [5.74, 6) is 0.879. The summed E-state index contributed by atoms with van der Waals surface area (Å²) in [7, 11) is 3.31. The number of amides is 2. The van der Waals surface area contributed by atoms with Crippen molar-refractivity contribution in [1.82, 2.24) is 30.4 Å². The number of ether oxygens (including phenoxy) is 1. The Morgan fingerprint density at radius 1 is 1.24 bits per heavy atom. The second kappa shape index (κ2) is 8.75. The quantitative estimate of drug-likeness (QED) is 0.462. The van der Waals surface area contributed by atoms with Gasteiger partial charge in [-0.25, -0.2) is 9.97 Å². The van der Waals surface area contributed by atoms with Crippen molar-refractivity contribution in [3.05, 3.63) is 35.3 Å². The van der Waals surface area contributed by atoms with E-state index in [-0.39, 0.29) is 18.4 Å². The normalized spacial score (nSPS) is 14.1. The van der Waals surface area contributed by atoms with Crippen molar-refractivity contribution in [2.75, 3.05) is 51.8 Å². The number of thiophene rings is 1. The predicted octanol–water partition coefficient (Wildman–Crippen LogP) is 1.89. The molecule has 0 radical (unpaired) electrons. The smallest absolute Gasteiger partial charge is 0.261 e. The Morgan fingerprint density at radius 3 is 2.85 bits per heavy atom. The summed E-state index contributed by atoms with van der Waals surface area (Å²) in [5.41, 5.74) is 2.46. The van der Waals surface area contributed by atoms with E-state index in [1.807, 2.05) is 18.2 Å². The molecule has 0 saturated carbocycles. The van der Waals surface area contributed by atoms with Crippen LogP contribution in [-0.4, -0.2) is 83.8 Å². The molecule has 0 bridgehead atoms. The summed E-state index contributed by atoms with van der Waals surface area (Å²) < 4.78 is 6.36. The molecule has 1 fully saturated rings. The molecule has 170 valence electrons. The van der Waals surface area contributed by atoms with Crippen LogP contribution in [0.3, 0.4) is 0 Å². The van der Waals surface area contributed by atoms with E-state index >= 15 is 0 Å². The first-order chi connectivity index (χ1) is 16.0. The molecule has 11 heteroatoms. The van der Waals surface area contributed by atoms with Gasteiger partial charge in [-0.05, 0) is 12.1 Å². The molecule has 0 aliphatic carbocycles. The van der Waals surface area contributed by atoms with Gasteiger partial charge in [0.25, 0.3) is 5.91 Å². The number of H-pyrrole nitrogens is 1. The lowest BCUT2D eigenvalue weighted by atomic mass is 10.1. The molecule has 33 heavy (non-hydrogen) atoms. The van der Waals surface area contributed by atoms with Crippen LogP contribution in [0.4, 0.5) is 5.82 Å². The van der Waals surface area contributed by atoms with Crippen molar-refractivity contribution in [3.8, 4) is 11.4 Å². The first kappa shape index (κ1) is 21.3. The molecular formula is C22H23N7O3S. The summed E-state index contributed by atoms with van der Waals surface area (Å²) >= 11 is 1.33. The number of carbonyl (C=O) groups excluding carboxylic acids is 2. The van der Waals surface area contributed by atoms with Crippen molar-refractivity contribution in [2.45, 2.75) is 0 Å². The van der Waals surface area contributed by atoms with Crippen molar-refractivity contribution in [1.29, 1.82) is 0 Å². The lowest BCUT2D eigenvalue weighted by Gasteiger charge is -2.28. The number of carbonyl (C=O) groups is 2. The predicted molar refractivity (Wildman–Crippen MR) is 127 cm³/mol. The third-order valence-corrected chi connectivity index (χ3v) is 6.63. The molecule has 2 N–H and O–H groups in total. The van der Waals surface area contributed by atoms with Gasteiger partial charge in [-0.2, -0.15) is 5.10 Å². The molecule has 0 unspecified atom stereocenters. The lowest BCUT2D eigenvalue weighted by Crippen LogP contribution is -2.36. The SMILES string of the molecule is CN(C)C(=O)CNC(=O)c1cc2nc(-c3cccc4[nH]ncc34)nc(N3CCOCC3)c2s1. The van der Waals surface area contributed by atoms with Crippen LogP contribution in [0.5, 0.6) is 0 Å². The van der Waals surface area contributed by atoms with E-state index in [1.54, 1.807) is 26.4 Å². The van der Waals surface area contributed by atoms with Crippen LogP contribution < -0.4 is 10.2 Å². The lowest BCUT2D eigenvalue weighted by molar-refractivity contribution is -0.127. The number of anilines is 1. The van der Waals surface area contributed by atoms with Gasteiger partial charge in [0.1, 0.15) is 0 Å². The number of benzene rings is 1.